The van der Waals surface area contributed by atoms with Crippen LogP contribution in [0.3, 0.4) is 0 Å². The number of allylic oxidation sites excluding steroid dienone is 12. The van der Waals surface area contributed by atoms with Crippen LogP contribution in [0.25, 0.3) is 0 Å². The number of hydrogen-bond donors (Lipinski definition) is 1. The molecule has 0 amide bonds. The number of carboxylic acid groups (broad SMARTS) is 1. The van der Waals surface area contributed by atoms with Crippen molar-refractivity contribution in [1.82, 2.24) is 0 Å². The van der Waals surface area contributed by atoms with Gasteiger partial charge in [-0.25, -0.2) is 4.79 Å². The number of ether oxygens (including phenoxy) is 4. The van der Waals surface area contributed by atoms with Gasteiger partial charge in [0, 0.05) is 12.8 Å². The van der Waals surface area contributed by atoms with E-state index in [-0.39, 0.29) is 32.2 Å². The van der Waals surface area contributed by atoms with Crippen LogP contribution in [0.4, 0.5) is 0 Å². The quantitative estimate of drug-likeness (QED) is 0.0211. The van der Waals surface area contributed by atoms with Crippen molar-refractivity contribution >= 4 is 17.9 Å². The van der Waals surface area contributed by atoms with E-state index in [9.17, 15) is 19.5 Å². The lowest BCUT2D eigenvalue weighted by atomic mass is 10.0. The van der Waals surface area contributed by atoms with Gasteiger partial charge in [0.2, 0.25) is 0 Å². The Morgan fingerprint density at radius 1 is 0.437 bits per heavy atom. The topological polar surface area (TPSA) is 108 Å². The number of rotatable bonds is 53. The molecule has 0 aromatic heterocycles. The Bertz CT molecular complexity index is 1390. The maximum atomic E-state index is 12.9. The molecule has 71 heavy (non-hydrogen) atoms. The maximum absolute atomic E-state index is 12.9. The van der Waals surface area contributed by atoms with Gasteiger partial charge in [-0.3, -0.25) is 9.59 Å². The number of carbonyl (C=O) groups is 3. The summed E-state index contributed by atoms with van der Waals surface area (Å²) in [6.45, 7) is 4.75. The molecule has 0 aliphatic rings. The van der Waals surface area contributed by atoms with E-state index in [4.69, 9.17) is 18.9 Å². The lowest BCUT2D eigenvalue weighted by molar-refractivity contribution is -0.870. The molecule has 0 heterocycles. The van der Waals surface area contributed by atoms with Crippen LogP contribution in [-0.2, 0) is 33.3 Å². The molecule has 2 atom stereocenters. The molecule has 0 spiro atoms. The van der Waals surface area contributed by atoms with Crippen LogP contribution in [0.1, 0.15) is 245 Å². The summed E-state index contributed by atoms with van der Waals surface area (Å²) in [5.74, 6) is -2.03. The lowest BCUT2D eigenvalue weighted by Gasteiger charge is -2.25. The van der Waals surface area contributed by atoms with E-state index in [0.29, 0.717) is 23.9 Å². The molecule has 9 heteroatoms. The SMILES string of the molecule is CC/C=C\C/C=C\C/C=C\C/C=C\C/C=C\C/C=C\CCCCCCC(=O)OC(COC(=O)CCCCCCCCCCCCCCCCCCCCCCCCC)COC(OCC[N+](C)(C)C)C(=O)O. The van der Waals surface area contributed by atoms with Gasteiger partial charge in [0.15, 0.2) is 6.10 Å². The van der Waals surface area contributed by atoms with E-state index in [1.807, 2.05) is 21.1 Å². The Balaban J connectivity index is 4.30. The largest absolute Gasteiger partial charge is 0.477 e. The predicted molar refractivity (Wildman–Crippen MR) is 299 cm³/mol. The first-order valence-corrected chi connectivity index (χ1v) is 29.1. The highest BCUT2D eigenvalue weighted by atomic mass is 16.7. The Morgan fingerprint density at radius 3 is 1.20 bits per heavy atom. The molecular weight excluding hydrogens is 887 g/mol. The van der Waals surface area contributed by atoms with Gasteiger partial charge in [0.1, 0.15) is 13.2 Å². The molecule has 410 valence electrons. The number of nitrogens with zero attached hydrogens (tertiary/aromatic N) is 1. The molecule has 0 aromatic rings. The number of carbonyl (C=O) groups excluding carboxylic acids is 2. The van der Waals surface area contributed by atoms with Gasteiger partial charge in [-0.05, 0) is 64.2 Å². The Morgan fingerprint density at radius 2 is 0.803 bits per heavy atom. The predicted octanol–water partition coefficient (Wildman–Crippen LogP) is 17.0. The van der Waals surface area contributed by atoms with Crippen molar-refractivity contribution < 1.29 is 42.9 Å². The van der Waals surface area contributed by atoms with E-state index >= 15 is 0 Å². The van der Waals surface area contributed by atoms with Crippen LogP contribution in [0.5, 0.6) is 0 Å². The monoisotopic (exact) mass is 997 g/mol. The average Bonchev–Trinajstić information content (AvgIpc) is 3.34. The first kappa shape index (κ1) is 67.7. The molecule has 0 fully saturated rings. The first-order valence-electron chi connectivity index (χ1n) is 29.1. The molecule has 9 nitrogen and oxygen atoms in total. The second-order valence-electron chi connectivity index (χ2n) is 20.6. The third kappa shape index (κ3) is 54.3. The molecule has 0 saturated carbocycles. The molecule has 1 N–H and O–H groups in total. The van der Waals surface area contributed by atoms with Crippen LogP contribution in [0.2, 0.25) is 0 Å². The summed E-state index contributed by atoms with van der Waals surface area (Å²) >= 11 is 0. The fourth-order valence-electron chi connectivity index (χ4n) is 8.02. The number of unbranched alkanes of at least 4 members (excludes halogenated alkanes) is 26. The molecule has 0 bridgehead atoms. The molecular formula is C62H110NO8+. The summed E-state index contributed by atoms with van der Waals surface area (Å²) in [6, 6.07) is 0. The van der Waals surface area contributed by atoms with Crippen molar-refractivity contribution in [2.45, 2.75) is 257 Å². The summed E-state index contributed by atoms with van der Waals surface area (Å²) in [5, 5.41) is 9.70. The smallest absolute Gasteiger partial charge is 0.361 e. The van der Waals surface area contributed by atoms with Gasteiger partial charge >= 0.3 is 17.9 Å². The normalized spacial score (nSPS) is 13.3. The van der Waals surface area contributed by atoms with Crippen molar-refractivity contribution in [2.75, 3.05) is 47.5 Å². The molecule has 0 aliphatic heterocycles. The van der Waals surface area contributed by atoms with Crippen LogP contribution < -0.4 is 0 Å². The summed E-state index contributed by atoms with van der Waals surface area (Å²) in [5.41, 5.74) is 0. The van der Waals surface area contributed by atoms with Gasteiger partial charge in [0.25, 0.3) is 6.29 Å². The highest BCUT2D eigenvalue weighted by Gasteiger charge is 2.25. The average molecular weight is 998 g/mol. The van der Waals surface area contributed by atoms with Gasteiger partial charge in [-0.1, -0.05) is 241 Å². The molecule has 0 aromatic carbocycles. The molecule has 0 rings (SSSR count). The fraction of sp³-hybridized carbons (Fsp3) is 0.758. The third-order valence-electron chi connectivity index (χ3n) is 12.5. The molecule has 0 saturated heterocycles. The van der Waals surface area contributed by atoms with Gasteiger partial charge < -0.3 is 28.5 Å². The first-order chi connectivity index (χ1) is 34.6. The number of esters is 2. The van der Waals surface area contributed by atoms with Crippen molar-refractivity contribution in [3.05, 3.63) is 72.9 Å². The van der Waals surface area contributed by atoms with E-state index < -0.39 is 24.3 Å². The summed E-state index contributed by atoms with van der Waals surface area (Å²) in [4.78, 5) is 37.4. The van der Waals surface area contributed by atoms with E-state index in [0.717, 1.165) is 83.5 Å². The minimum atomic E-state index is -1.52. The van der Waals surface area contributed by atoms with Gasteiger partial charge in [0.05, 0.1) is 34.4 Å². The highest BCUT2D eigenvalue weighted by Crippen LogP contribution is 2.17. The van der Waals surface area contributed by atoms with Gasteiger partial charge in [-0.2, -0.15) is 0 Å². The number of quaternary nitrogens is 1. The van der Waals surface area contributed by atoms with E-state index in [1.165, 1.54) is 128 Å². The summed E-state index contributed by atoms with van der Waals surface area (Å²) < 4.78 is 22.9. The summed E-state index contributed by atoms with van der Waals surface area (Å²) in [7, 11) is 5.96. The highest BCUT2D eigenvalue weighted by molar-refractivity contribution is 5.71. The van der Waals surface area contributed by atoms with Crippen molar-refractivity contribution in [3.63, 3.8) is 0 Å². The molecule has 0 radical (unpaired) electrons. The van der Waals surface area contributed by atoms with Crippen molar-refractivity contribution in [1.29, 1.82) is 0 Å². The Kier molecular flexibility index (Phi) is 50.6. The third-order valence-corrected chi connectivity index (χ3v) is 12.5. The van der Waals surface area contributed by atoms with Crippen molar-refractivity contribution in [3.8, 4) is 0 Å². The molecule has 2 unspecified atom stereocenters. The standard InChI is InChI=1S/C62H109NO8/c1-6-8-10-12-14-16-18-20-22-24-26-28-30-32-34-36-38-40-42-44-46-48-50-52-59(64)69-56-58(57-70-62(61(66)67)68-55-54-63(3,4)5)71-60(65)53-51-49-47-45-43-41-39-37-35-33-31-29-27-25-23-21-19-17-15-13-11-9-7-2/h9,11,15,17,21,23,27,29,33,35,39,41,58,62H,6-8,10,12-14,16,18-20,22,24-26,28,30-32,34,36-38,40,42-57H2,1-5H3/p+1/b11-9-,17-15-,23-21-,29-27-,35-33-,41-39-. The number of aliphatic carboxylic acids is 1. The van der Waals surface area contributed by atoms with E-state index in [2.05, 4.69) is 86.8 Å². The van der Waals surface area contributed by atoms with Gasteiger partial charge in [-0.15, -0.1) is 0 Å². The zero-order valence-corrected chi connectivity index (χ0v) is 46.6. The minimum absolute atomic E-state index is 0.180. The van der Waals surface area contributed by atoms with Crippen LogP contribution in [0, 0.1) is 0 Å². The second kappa shape index (κ2) is 53.0. The summed E-state index contributed by atoms with van der Waals surface area (Å²) in [6.07, 6.45) is 65.5. The zero-order valence-electron chi connectivity index (χ0n) is 46.6. The van der Waals surface area contributed by atoms with Crippen LogP contribution in [0.15, 0.2) is 72.9 Å². The van der Waals surface area contributed by atoms with Crippen LogP contribution >= 0.6 is 0 Å². The minimum Gasteiger partial charge on any atom is -0.477 e. The van der Waals surface area contributed by atoms with E-state index in [1.54, 1.807) is 0 Å². The van der Waals surface area contributed by atoms with Crippen molar-refractivity contribution in [2.24, 2.45) is 0 Å². The number of carboxylic acids is 1. The lowest BCUT2D eigenvalue weighted by Crippen LogP contribution is -2.40. The molecule has 0 aliphatic carbocycles. The second-order valence-corrected chi connectivity index (χ2v) is 20.6. The fourth-order valence-corrected chi connectivity index (χ4v) is 8.02. The maximum Gasteiger partial charge on any atom is 0.361 e. The zero-order chi connectivity index (χ0) is 52.0. The van der Waals surface area contributed by atoms with Crippen LogP contribution in [-0.4, -0.2) is 87.4 Å². The Labute approximate surface area is 437 Å². The Hall–Kier alpha value is -3.27. The number of hydrogen-bond acceptors (Lipinski definition) is 7. The number of likely N-dealkylation sites (N-methyl/N-ethyl adjacent to an activating group) is 1.